The fourth-order valence-corrected chi connectivity index (χ4v) is 1.91. The molecule has 0 saturated heterocycles. The van der Waals surface area contributed by atoms with Crippen LogP contribution in [0.15, 0.2) is 36.4 Å². The molecule has 114 valence electrons. The molecule has 2 rings (SSSR count). The molecule has 0 bridgehead atoms. The minimum atomic E-state index is -0.616. The third-order valence-corrected chi connectivity index (χ3v) is 3.09. The number of nitro benzene ring substituents is 1. The van der Waals surface area contributed by atoms with Crippen LogP contribution in [0.2, 0.25) is 0 Å². The molecule has 1 amide bonds. The van der Waals surface area contributed by atoms with E-state index in [0.717, 1.165) is 6.07 Å². The third kappa shape index (κ3) is 3.20. The second-order valence-corrected chi connectivity index (χ2v) is 4.56. The largest absolute Gasteiger partial charge is 0.496 e. The minimum absolute atomic E-state index is 0.000334. The normalized spacial score (nSPS) is 10.1. The van der Waals surface area contributed by atoms with Gasteiger partial charge in [-0.2, -0.15) is 0 Å². The molecule has 7 heteroatoms. The van der Waals surface area contributed by atoms with Gasteiger partial charge >= 0.3 is 0 Å². The number of methoxy groups -OCH3 is 1. The Labute approximate surface area is 125 Å². The van der Waals surface area contributed by atoms with Crippen molar-refractivity contribution in [3.05, 3.63) is 63.5 Å². The molecular weight excluding hydrogens is 291 g/mol. The maximum Gasteiger partial charge on any atom is 0.270 e. The Morgan fingerprint density at radius 3 is 2.64 bits per heavy atom. The van der Waals surface area contributed by atoms with Gasteiger partial charge in [-0.25, -0.2) is 4.39 Å². The highest BCUT2D eigenvalue weighted by Crippen LogP contribution is 2.25. The molecule has 6 nitrogen and oxygen atoms in total. The first-order valence-electron chi connectivity index (χ1n) is 6.32. The molecule has 0 aromatic heterocycles. The van der Waals surface area contributed by atoms with Crippen LogP contribution < -0.4 is 10.1 Å². The van der Waals surface area contributed by atoms with Crippen molar-refractivity contribution in [3.63, 3.8) is 0 Å². The SMILES string of the molecule is COc1ccc([N+](=O)[O-])cc1C(=O)Nc1cc(F)ccc1C. The summed E-state index contributed by atoms with van der Waals surface area (Å²) in [6.45, 7) is 1.71. The minimum Gasteiger partial charge on any atom is -0.496 e. The number of benzene rings is 2. The Morgan fingerprint density at radius 2 is 2.00 bits per heavy atom. The summed E-state index contributed by atoms with van der Waals surface area (Å²) >= 11 is 0. The molecule has 0 unspecified atom stereocenters. The van der Waals surface area contributed by atoms with Crippen molar-refractivity contribution >= 4 is 17.3 Å². The van der Waals surface area contributed by atoms with Crippen LogP contribution >= 0.6 is 0 Å². The number of nitrogens with one attached hydrogen (secondary N) is 1. The Balaban J connectivity index is 2.38. The van der Waals surface area contributed by atoms with E-state index >= 15 is 0 Å². The molecule has 22 heavy (non-hydrogen) atoms. The number of anilines is 1. The Kier molecular flexibility index (Phi) is 4.36. The standard InChI is InChI=1S/C15H13FN2O4/c1-9-3-4-10(16)7-13(9)17-15(19)12-8-11(18(20)21)5-6-14(12)22-2/h3-8H,1-2H3,(H,17,19). The summed E-state index contributed by atoms with van der Waals surface area (Å²) in [6, 6.07) is 7.67. The van der Waals surface area contributed by atoms with E-state index in [2.05, 4.69) is 5.32 Å². The van der Waals surface area contributed by atoms with Gasteiger partial charge in [0.1, 0.15) is 11.6 Å². The number of nitrogens with zero attached hydrogens (tertiary/aromatic N) is 1. The highest BCUT2D eigenvalue weighted by Gasteiger charge is 2.18. The molecule has 0 aliphatic heterocycles. The van der Waals surface area contributed by atoms with Gasteiger partial charge < -0.3 is 10.1 Å². The molecule has 0 radical (unpaired) electrons. The van der Waals surface area contributed by atoms with Crippen molar-refractivity contribution in [2.45, 2.75) is 6.92 Å². The van der Waals surface area contributed by atoms with Crippen LogP contribution in [0.25, 0.3) is 0 Å². The highest BCUT2D eigenvalue weighted by molar-refractivity contribution is 6.07. The summed E-state index contributed by atoms with van der Waals surface area (Å²) in [5, 5.41) is 13.3. The first kappa shape index (κ1) is 15.4. The number of non-ortho nitro benzene ring substituents is 1. The average molecular weight is 304 g/mol. The lowest BCUT2D eigenvalue weighted by Gasteiger charge is -2.11. The Hall–Kier alpha value is -2.96. The zero-order chi connectivity index (χ0) is 16.3. The zero-order valence-corrected chi connectivity index (χ0v) is 11.9. The smallest absolute Gasteiger partial charge is 0.270 e. The fraction of sp³-hybridized carbons (Fsp3) is 0.133. The number of carbonyl (C=O) groups excluding carboxylic acids is 1. The monoisotopic (exact) mass is 304 g/mol. The van der Waals surface area contributed by atoms with Crippen molar-refractivity contribution in [2.24, 2.45) is 0 Å². The summed E-state index contributed by atoms with van der Waals surface area (Å²) in [5.41, 5.74) is 0.722. The third-order valence-electron chi connectivity index (χ3n) is 3.09. The number of amides is 1. The molecule has 1 N–H and O–H groups in total. The predicted octanol–water partition coefficient (Wildman–Crippen LogP) is 3.30. The van der Waals surface area contributed by atoms with E-state index in [1.807, 2.05) is 0 Å². The summed E-state index contributed by atoms with van der Waals surface area (Å²) < 4.78 is 18.3. The number of aryl methyl sites for hydroxylation is 1. The van der Waals surface area contributed by atoms with E-state index in [1.165, 1.54) is 37.4 Å². The number of hydrogen-bond acceptors (Lipinski definition) is 4. The zero-order valence-electron chi connectivity index (χ0n) is 11.9. The van der Waals surface area contributed by atoms with Gasteiger partial charge in [0.15, 0.2) is 0 Å². The van der Waals surface area contributed by atoms with Gasteiger partial charge in [0, 0.05) is 17.8 Å². The quantitative estimate of drug-likeness (QED) is 0.694. The van der Waals surface area contributed by atoms with Crippen molar-refractivity contribution in [1.29, 1.82) is 0 Å². The first-order chi connectivity index (χ1) is 10.4. The maximum atomic E-state index is 13.3. The first-order valence-corrected chi connectivity index (χ1v) is 6.32. The van der Waals surface area contributed by atoms with E-state index in [0.29, 0.717) is 11.3 Å². The molecule has 0 saturated carbocycles. The van der Waals surface area contributed by atoms with E-state index in [1.54, 1.807) is 6.92 Å². The topological polar surface area (TPSA) is 81.5 Å². The van der Waals surface area contributed by atoms with Crippen LogP contribution in [0.1, 0.15) is 15.9 Å². The second kappa shape index (κ2) is 6.21. The number of rotatable bonds is 4. The molecule has 2 aromatic rings. The van der Waals surface area contributed by atoms with Crippen molar-refractivity contribution in [2.75, 3.05) is 12.4 Å². The van der Waals surface area contributed by atoms with Crippen molar-refractivity contribution in [1.82, 2.24) is 0 Å². The number of hydrogen-bond donors (Lipinski definition) is 1. The van der Waals surface area contributed by atoms with E-state index in [-0.39, 0.29) is 17.0 Å². The molecule has 2 aromatic carbocycles. The lowest BCUT2D eigenvalue weighted by Crippen LogP contribution is -2.14. The van der Waals surface area contributed by atoms with Crippen molar-refractivity contribution in [3.8, 4) is 5.75 Å². The van der Waals surface area contributed by atoms with Gasteiger partial charge in [0.25, 0.3) is 11.6 Å². The molecule has 0 spiro atoms. The van der Waals surface area contributed by atoms with Crippen molar-refractivity contribution < 1.29 is 18.8 Å². The second-order valence-electron chi connectivity index (χ2n) is 4.56. The predicted molar refractivity (Wildman–Crippen MR) is 78.7 cm³/mol. The number of carbonyl (C=O) groups is 1. The summed E-state index contributed by atoms with van der Waals surface area (Å²) in [5.74, 6) is -0.918. The molecule has 0 fully saturated rings. The molecular formula is C15H13FN2O4. The lowest BCUT2D eigenvalue weighted by atomic mass is 10.1. The number of ether oxygens (including phenoxy) is 1. The average Bonchev–Trinajstić information content (AvgIpc) is 2.50. The summed E-state index contributed by atoms with van der Waals surface area (Å²) in [4.78, 5) is 22.5. The van der Waals surface area contributed by atoms with Crippen LogP contribution in [0, 0.1) is 22.9 Å². The van der Waals surface area contributed by atoms with Gasteiger partial charge in [-0.05, 0) is 30.7 Å². The Morgan fingerprint density at radius 1 is 1.27 bits per heavy atom. The maximum absolute atomic E-state index is 13.3. The fourth-order valence-electron chi connectivity index (χ4n) is 1.91. The molecule has 0 aliphatic rings. The number of nitro groups is 1. The lowest BCUT2D eigenvalue weighted by molar-refractivity contribution is -0.384. The van der Waals surface area contributed by atoms with Gasteiger partial charge in [-0.15, -0.1) is 0 Å². The van der Waals surface area contributed by atoms with Crippen LogP contribution in [0.4, 0.5) is 15.8 Å². The van der Waals surface area contributed by atoms with Crippen LogP contribution in [0.3, 0.4) is 0 Å². The summed E-state index contributed by atoms with van der Waals surface area (Å²) in [6.07, 6.45) is 0. The molecule has 0 atom stereocenters. The Bertz CT molecular complexity index is 746. The van der Waals surface area contributed by atoms with E-state index in [4.69, 9.17) is 4.74 Å². The van der Waals surface area contributed by atoms with Crippen LogP contribution in [0.5, 0.6) is 5.75 Å². The molecule has 0 heterocycles. The van der Waals surface area contributed by atoms with Gasteiger partial charge in [0.2, 0.25) is 0 Å². The van der Waals surface area contributed by atoms with Gasteiger partial charge in [0.05, 0.1) is 17.6 Å². The van der Waals surface area contributed by atoms with Crippen LogP contribution in [-0.4, -0.2) is 17.9 Å². The number of halogens is 1. The molecule has 0 aliphatic carbocycles. The van der Waals surface area contributed by atoms with Gasteiger partial charge in [-0.3, -0.25) is 14.9 Å². The van der Waals surface area contributed by atoms with Crippen LogP contribution in [-0.2, 0) is 0 Å². The van der Waals surface area contributed by atoms with Gasteiger partial charge in [-0.1, -0.05) is 6.07 Å². The highest BCUT2D eigenvalue weighted by atomic mass is 19.1. The van der Waals surface area contributed by atoms with E-state index < -0.39 is 16.6 Å². The summed E-state index contributed by atoms with van der Waals surface area (Å²) in [7, 11) is 1.35. The van der Waals surface area contributed by atoms with E-state index in [9.17, 15) is 19.3 Å².